The van der Waals surface area contributed by atoms with E-state index in [2.05, 4.69) is 5.32 Å². The van der Waals surface area contributed by atoms with Crippen molar-refractivity contribution in [3.05, 3.63) is 34.7 Å². The van der Waals surface area contributed by atoms with Crippen LogP contribution in [0, 0.1) is 5.92 Å². The standard InChI is InChI=1S/C14H20N2O3/c17-13(10-12-5-9-19-11-12)15-6-3-8-16-7-2-1-4-14(16)18/h1-2,4,7,12H,3,5-6,8-11H2,(H,15,17). The molecule has 1 aromatic rings. The molecule has 1 N–H and O–H groups in total. The van der Waals surface area contributed by atoms with Crippen molar-refractivity contribution >= 4 is 5.91 Å². The largest absolute Gasteiger partial charge is 0.381 e. The van der Waals surface area contributed by atoms with Gasteiger partial charge in [-0.1, -0.05) is 6.07 Å². The van der Waals surface area contributed by atoms with Gasteiger partial charge in [0.05, 0.1) is 0 Å². The minimum Gasteiger partial charge on any atom is -0.381 e. The Hall–Kier alpha value is -1.62. The lowest BCUT2D eigenvalue weighted by atomic mass is 10.1. The van der Waals surface area contributed by atoms with Crippen LogP contribution in [0.2, 0.25) is 0 Å². The van der Waals surface area contributed by atoms with Gasteiger partial charge in [0.1, 0.15) is 0 Å². The number of nitrogens with zero attached hydrogens (tertiary/aromatic N) is 1. The van der Waals surface area contributed by atoms with Crippen molar-refractivity contribution in [2.75, 3.05) is 19.8 Å². The third kappa shape index (κ3) is 4.52. The molecule has 1 aliphatic rings. The first kappa shape index (κ1) is 13.8. The highest BCUT2D eigenvalue weighted by Gasteiger charge is 2.18. The lowest BCUT2D eigenvalue weighted by molar-refractivity contribution is -0.122. The molecule has 1 amide bonds. The average Bonchev–Trinajstić information content (AvgIpc) is 2.89. The minimum atomic E-state index is -0.00284. The number of hydrogen-bond acceptors (Lipinski definition) is 3. The lowest BCUT2D eigenvalue weighted by Gasteiger charge is -2.09. The average molecular weight is 264 g/mol. The van der Waals surface area contributed by atoms with E-state index in [4.69, 9.17) is 4.74 Å². The van der Waals surface area contributed by atoms with Gasteiger partial charge in [-0.3, -0.25) is 9.59 Å². The van der Waals surface area contributed by atoms with Gasteiger partial charge in [0.15, 0.2) is 0 Å². The summed E-state index contributed by atoms with van der Waals surface area (Å²) in [4.78, 5) is 23.1. The summed E-state index contributed by atoms with van der Waals surface area (Å²) < 4.78 is 6.89. The van der Waals surface area contributed by atoms with Crippen molar-refractivity contribution < 1.29 is 9.53 Å². The molecule has 2 rings (SSSR count). The Labute approximate surface area is 112 Å². The molecule has 5 heteroatoms. The molecule has 1 unspecified atom stereocenters. The van der Waals surface area contributed by atoms with Crippen molar-refractivity contribution in [1.82, 2.24) is 9.88 Å². The molecule has 5 nitrogen and oxygen atoms in total. The molecule has 0 radical (unpaired) electrons. The molecule has 1 aromatic heterocycles. The molecule has 0 saturated carbocycles. The summed E-state index contributed by atoms with van der Waals surface area (Å²) in [5, 5.41) is 2.89. The highest BCUT2D eigenvalue weighted by atomic mass is 16.5. The van der Waals surface area contributed by atoms with Crippen LogP contribution in [0.1, 0.15) is 19.3 Å². The monoisotopic (exact) mass is 264 g/mol. The van der Waals surface area contributed by atoms with E-state index in [1.807, 2.05) is 6.07 Å². The van der Waals surface area contributed by atoms with Gasteiger partial charge < -0.3 is 14.6 Å². The van der Waals surface area contributed by atoms with Crippen molar-refractivity contribution in [3.8, 4) is 0 Å². The first-order valence-corrected chi connectivity index (χ1v) is 6.75. The van der Waals surface area contributed by atoms with Gasteiger partial charge in [0.25, 0.3) is 0 Å². The summed E-state index contributed by atoms with van der Waals surface area (Å²) in [6, 6.07) is 5.10. The van der Waals surface area contributed by atoms with E-state index in [1.165, 1.54) is 0 Å². The molecule has 0 aliphatic carbocycles. The minimum absolute atomic E-state index is 0.00284. The van der Waals surface area contributed by atoms with E-state index in [9.17, 15) is 9.59 Å². The smallest absolute Gasteiger partial charge is 0.250 e. The van der Waals surface area contributed by atoms with E-state index in [0.717, 1.165) is 19.4 Å². The number of carbonyl (C=O) groups is 1. The van der Waals surface area contributed by atoms with E-state index in [1.54, 1.807) is 22.9 Å². The summed E-state index contributed by atoms with van der Waals surface area (Å²) in [6.45, 7) is 2.71. The van der Waals surface area contributed by atoms with E-state index >= 15 is 0 Å². The molecular weight excluding hydrogens is 244 g/mol. The predicted molar refractivity (Wildman–Crippen MR) is 71.9 cm³/mol. The van der Waals surface area contributed by atoms with Crippen molar-refractivity contribution in [3.63, 3.8) is 0 Å². The van der Waals surface area contributed by atoms with E-state index in [-0.39, 0.29) is 11.5 Å². The van der Waals surface area contributed by atoms with Gasteiger partial charge >= 0.3 is 0 Å². The third-order valence-corrected chi connectivity index (χ3v) is 3.30. The molecule has 0 aromatic carbocycles. The predicted octanol–water partition coefficient (Wildman–Crippen LogP) is 0.781. The van der Waals surface area contributed by atoms with E-state index in [0.29, 0.717) is 32.0 Å². The zero-order chi connectivity index (χ0) is 13.5. The summed E-state index contributed by atoms with van der Waals surface area (Å²) >= 11 is 0. The number of carbonyl (C=O) groups excluding carboxylic acids is 1. The van der Waals surface area contributed by atoms with Crippen LogP contribution in [0.15, 0.2) is 29.2 Å². The Morgan fingerprint density at radius 2 is 2.37 bits per heavy atom. The van der Waals surface area contributed by atoms with Gasteiger partial charge in [-0.25, -0.2) is 0 Å². The van der Waals surface area contributed by atoms with Gasteiger partial charge in [0, 0.05) is 45.0 Å². The Bertz CT molecular complexity index is 464. The fraction of sp³-hybridized carbons (Fsp3) is 0.571. The number of ether oxygens (including phenoxy) is 1. The fourth-order valence-electron chi connectivity index (χ4n) is 2.20. The molecule has 104 valence electrons. The number of aromatic nitrogens is 1. The lowest BCUT2D eigenvalue weighted by Crippen LogP contribution is -2.28. The number of aryl methyl sites for hydroxylation is 1. The van der Waals surface area contributed by atoms with Crippen LogP contribution < -0.4 is 10.9 Å². The summed E-state index contributed by atoms with van der Waals surface area (Å²) in [5.41, 5.74) is -0.00284. The Kier molecular flexibility index (Phi) is 5.15. The van der Waals surface area contributed by atoms with Gasteiger partial charge in [0.2, 0.25) is 11.5 Å². The van der Waals surface area contributed by atoms with Crippen LogP contribution in [0.3, 0.4) is 0 Å². The molecule has 1 saturated heterocycles. The first-order valence-electron chi connectivity index (χ1n) is 6.75. The summed E-state index contributed by atoms with van der Waals surface area (Å²) in [5.74, 6) is 0.452. The number of amides is 1. The maximum Gasteiger partial charge on any atom is 0.250 e. The highest BCUT2D eigenvalue weighted by molar-refractivity contribution is 5.76. The Balaban J connectivity index is 1.62. The molecule has 0 spiro atoms. The fourth-order valence-corrected chi connectivity index (χ4v) is 2.20. The second-order valence-electron chi connectivity index (χ2n) is 4.87. The van der Waals surface area contributed by atoms with Gasteiger partial charge in [-0.15, -0.1) is 0 Å². The maximum atomic E-state index is 11.6. The maximum absolute atomic E-state index is 11.6. The zero-order valence-corrected chi connectivity index (χ0v) is 11.0. The van der Waals surface area contributed by atoms with Gasteiger partial charge in [-0.05, 0) is 24.8 Å². The van der Waals surface area contributed by atoms with Crippen molar-refractivity contribution in [2.45, 2.75) is 25.8 Å². The second kappa shape index (κ2) is 7.09. The van der Waals surface area contributed by atoms with Gasteiger partial charge in [-0.2, -0.15) is 0 Å². The number of rotatable bonds is 6. The van der Waals surface area contributed by atoms with Crippen LogP contribution in [-0.4, -0.2) is 30.2 Å². The molecule has 1 aliphatic heterocycles. The van der Waals surface area contributed by atoms with Crippen LogP contribution in [0.5, 0.6) is 0 Å². The number of nitrogens with one attached hydrogen (secondary N) is 1. The molecule has 19 heavy (non-hydrogen) atoms. The Morgan fingerprint density at radius 1 is 1.47 bits per heavy atom. The number of hydrogen-bond donors (Lipinski definition) is 1. The quantitative estimate of drug-likeness (QED) is 0.772. The molecule has 2 heterocycles. The zero-order valence-electron chi connectivity index (χ0n) is 11.0. The van der Waals surface area contributed by atoms with Crippen LogP contribution >= 0.6 is 0 Å². The van der Waals surface area contributed by atoms with Crippen LogP contribution in [-0.2, 0) is 16.1 Å². The summed E-state index contributed by atoms with van der Waals surface area (Å²) in [7, 11) is 0. The second-order valence-corrected chi connectivity index (χ2v) is 4.87. The van der Waals surface area contributed by atoms with E-state index < -0.39 is 0 Å². The molecular formula is C14H20N2O3. The SMILES string of the molecule is O=C(CC1CCOC1)NCCCn1ccccc1=O. The number of pyridine rings is 1. The van der Waals surface area contributed by atoms with Crippen LogP contribution in [0.4, 0.5) is 0 Å². The Morgan fingerprint density at radius 3 is 3.11 bits per heavy atom. The molecule has 1 fully saturated rings. The topological polar surface area (TPSA) is 60.3 Å². The van der Waals surface area contributed by atoms with Crippen molar-refractivity contribution in [2.24, 2.45) is 5.92 Å². The van der Waals surface area contributed by atoms with Crippen LogP contribution in [0.25, 0.3) is 0 Å². The highest BCUT2D eigenvalue weighted by Crippen LogP contribution is 2.15. The molecule has 1 atom stereocenters. The molecule has 0 bridgehead atoms. The third-order valence-electron chi connectivity index (χ3n) is 3.30. The normalized spacial score (nSPS) is 18.4. The summed E-state index contributed by atoms with van der Waals surface area (Å²) in [6.07, 6.45) is 4.05. The van der Waals surface area contributed by atoms with Crippen molar-refractivity contribution in [1.29, 1.82) is 0 Å². The first-order chi connectivity index (χ1) is 9.25.